The second-order valence-electron chi connectivity index (χ2n) is 7.90. The highest BCUT2D eigenvalue weighted by Gasteiger charge is 2.60. The summed E-state index contributed by atoms with van der Waals surface area (Å²) in [5, 5.41) is 2.61. The Hall–Kier alpha value is -2.90. The second-order valence-corrected chi connectivity index (χ2v) is 7.90. The van der Waals surface area contributed by atoms with Crippen LogP contribution in [0.2, 0.25) is 0 Å². The summed E-state index contributed by atoms with van der Waals surface area (Å²) in [5.41, 5.74) is 0.528. The summed E-state index contributed by atoms with van der Waals surface area (Å²) < 4.78 is 10.1. The van der Waals surface area contributed by atoms with Crippen LogP contribution in [0.4, 0.5) is 5.69 Å². The molecule has 1 aromatic carbocycles. The molecular weight excluding hydrogens is 376 g/mol. The van der Waals surface area contributed by atoms with Crippen LogP contribution in [0.1, 0.15) is 25.7 Å². The highest BCUT2D eigenvalue weighted by Crippen LogP contribution is 2.56. The molecule has 2 saturated carbocycles. The van der Waals surface area contributed by atoms with Gasteiger partial charge in [0.1, 0.15) is 5.75 Å². The molecule has 1 aliphatic heterocycles. The van der Waals surface area contributed by atoms with Crippen molar-refractivity contribution in [2.24, 2.45) is 23.7 Å². The van der Waals surface area contributed by atoms with Crippen LogP contribution in [0.5, 0.6) is 5.75 Å². The van der Waals surface area contributed by atoms with Crippen molar-refractivity contribution in [1.82, 2.24) is 4.90 Å². The van der Waals surface area contributed by atoms with Crippen molar-refractivity contribution in [3.63, 3.8) is 0 Å². The summed E-state index contributed by atoms with van der Waals surface area (Å²) in [4.78, 5) is 50.4. The number of carbonyl (C=O) groups is 4. The molecule has 4 rings (SSSR count). The molecule has 29 heavy (non-hydrogen) atoms. The number of imide groups is 1. The fraction of sp³-hybridized carbons (Fsp3) is 0.524. The van der Waals surface area contributed by atoms with Crippen LogP contribution in [0.25, 0.3) is 0 Å². The zero-order chi connectivity index (χ0) is 20.5. The molecule has 2 bridgehead atoms. The first-order valence-corrected chi connectivity index (χ1v) is 9.92. The van der Waals surface area contributed by atoms with Crippen molar-refractivity contribution >= 4 is 29.4 Å². The van der Waals surface area contributed by atoms with Gasteiger partial charge in [0.25, 0.3) is 5.91 Å². The Morgan fingerprint density at radius 1 is 1.14 bits per heavy atom. The third-order valence-electron chi connectivity index (χ3n) is 6.28. The summed E-state index contributed by atoms with van der Waals surface area (Å²) >= 11 is 0. The molecule has 0 spiro atoms. The van der Waals surface area contributed by atoms with Crippen molar-refractivity contribution in [2.45, 2.75) is 25.7 Å². The second kappa shape index (κ2) is 7.85. The molecule has 1 heterocycles. The molecule has 1 saturated heterocycles. The predicted octanol–water partition coefficient (Wildman–Crippen LogP) is 1.60. The number of hydrogen-bond donors (Lipinski definition) is 1. The number of ether oxygens (including phenoxy) is 2. The number of esters is 1. The lowest BCUT2D eigenvalue weighted by Crippen LogP contribution is -2.35. The number of hydrogen-bond acceptors (Lipinski definition) is 6. The van der Waals surface area contributed by atoms with Gasteiger partial charge in [-0.15, -0.1) is 0 Å². The van der Waals surface area contributed by atoms with Gasteiger partial charge in [0.2, 0.25) is 11.8 Å². The van der Waals surface area contributed by atoms with E-state index in [-0.39, 0.29) is 36.6 Å². The summed E-state index contributed by atoms with van der Waals surface area (Å²) in [7, 11) is 1.52. The van der Waals surface area contributed by atoms with E-state index in [0.29, 0.717) is 23.3 Å². The number of methoxy groups -OCH3 is 1. The van der Waals surface area contributed by atoms with Gasteiger partial charge in [-0.05, 0) is 43.2 Å². The fourth-order valence-electron chi connectivity index (χ4n) is 5.01. The van der Waals surface area contributed by atoms with Crippen LogP contribution < -0.4 is 10.1 Å². The third-order valence-corrected chi connectivity index (χ3v) is 6.28. The first kappa shape index (κ1) is 19.4. The molecule has 0 radical (unpaired) electrons. The Balaban J connectivity index is 1.23. The first-order valence-electron chi connectivity index (χ1n) is 9.92. The van der Waals surface area contributed by atoms with Crippen LogP contribution in [0.15, 0.2) is 24.3 Å². The van der Waals surface area contributed by atoms with Gasteiger partial charge < -0.3 is 14.8 Å². The molecule has 3 aliphatic rings. The minimum Gasteiger partial charge on any atom is -0.497 e. The molecule has 2 aliphatic carbocycles. The number of amides is 3. The van der Waals surface area contributed by atoms with E-state index < -0.39 is 18.5 Å². The summed E-state index contributed by atoms with van der Waals surface area (Å²) in [6.07, 6.45) is 2.90. The molecule has 1 aromatic rings. The minimum atomic E-state index is -0.619. The van der Waals surface area contributed by atoms with E-state index in [4.69, 9.17) is 9.47 Å². The maximum atomic E-state index is 12.6. The highest BCUT2D eigenvalue weighted by molar-refractivity contribution is 6.06. The average molecular weight is 400 g/mol. The SMILES string of the molecule is COc1cccc(NC(=O)COC(=O)CCN2C(=O)[C@@H]3[C@@H]4CC[C@@H](C4)[C@@H]3C2=O)c1. The molecule has 8 nitrogen and oxygen atoms in total. The molecule has 0 aromatic heterocycles. The van der Waals surface area contributed by atoms with Gasteiger partial charge in [-0.25, -0.2) is 0 Å². The lowest BCUT2D eigenvalue weighted by Gasteiger charge is -2.19. The molecule has 3 fully saturated rings. The van der Waals surface area contributed by atoms with E-state index in [1.54, 1.807) is 24.3 Å². The lowest BCUT2D eigenvalue weighted by molar-refractivity contribution is -0.149. The maximum absolute atomic E-state index is 12.6. The maximum Gasteiger partial charge on any atom is 0.308 e. The van der Waals surface area contributed by atoms with Gasteiger partial charge in [-0.3, -0.25) is 24.1 Å². The quantitative estimate of drug-likeness (QED) is 0.551. The largest absolute Gasteiger partial charge is 0.497 e. The van der Waals surface area contributed by atoms with Crippen molar-refractivity contribution in [1.29, 1.82) is 0 Å². The van der Waals surface area contributed by atoms with Crippen LogP contribution in [0.3, 0.4) is 0 Å². The summed E-state index contributed by atoms with van der Waals surface area (Å²) in [6.45, 7) is -0.423. The molecule has 154 valence electrons. The smallest absolute Gasteiger partial charge is 0.308 e. The van der Waals surface area contributed by atoms with Gasteiger partial charge in [0.05, 0.1) is 25.4 Å². The molecule has 0 unspecified atom stereocenters. The van der Waals surface area contributed by atoms with Crippen molar-refractivity contribution < 1.29 is 28.7 Å². The topological polar surface area (TPSA) is 102 Å². The monoisotopic (exact) mass is 400 g/mol. The average Bonchev–Trinajstić information content (AvgIpc) is 3.39. The number of anilines is 1. The Kier molecular flexibility index (Phi) is 5.25. The molecular formula is C21H24N2O6. The zero-order valence-corrected chi connectivity index (χ0v) is 16.3. The Morgan fingerprint density at radius 2 is 1.83 bits per heavy atom. The Bertz CT molecular complexity index is 825. The van der Waals surface area contributed by atoms with Gasteiger partial charge >= 0.3 is 5.97 Å². The van der Waals surface area contributed by atoms with E-state index in [1.807, 2.05) is 0 Å². The van der Waals surface area contributed by atoms with Crippen LogP contribution in [0, 0.1) is 23.7 Å². The Morgan fingerprint density at radius 3 is 2.48 bits per heavy atom. The molecule has 3 amide bonds. The van der Waals surface area contributed by atoms with Gasteiger partial charge in [-0.2, -0.15) is 0 Å². The van der Waals surface area contributed by atoms with E-state index in [0.717, 1.165) is 19.3 Å². The summed E-state index contributed by atoms with van der Waals surface area (Å²) in [5.74, 6) is -0.531. The van der Waals surface area contributed by atoms with Crippen molar-refractivity contribution in [3.05, 3.63) is 24.3 Å². The minimum absolute atomic E-state index is 0.0143. The molecule has 8 heteroatoms. The highest BCUT2D eigenvalue weighted by atomic mass is 16.5. The van der Waals surface area contributed by atoms with Crippen LogP contribution >= 0.6 is 0 Å². The number of rotatable bonds is 7. The zero-order valence-electron chi connectivity index (χ0n) is 16.3. The van der Waals surface area contributed by atoms with E-state index >= 15 is 0 Å². The number of nitrogens with one attached hydrogen (secondary N) is 1. The third kappa shape index (κ3) is 3.71. The normalized spacial score (nSPS) is 27.1. The number of likely N-dealkylation sites (tertiary alicyclic amines) is 1. The van der Waals surface area contributed by atoms with Crippen molar-refractivity contribution in [3.8, 4) is 5.75 Å². The van der Waals surface area contributed by atoms with E-state index in [9.17, 15) is 19.2 Å². The van der Waals surface area contributed by atoms with Crippen LogP contribution in [-0.2, 0) is 23.9 Å². The summed E-state index contributed by atoms with van der Waals surface area (Å²) in [6, 6.07) is 6.81. The Labute approximate surface area is 168 Å². The van der Waals surface area contributed by atoms with Gasteiger partial charge in [0.15, 0.2) is 6.61 Å². The number of benzene rings is 1. The van der Waals surface area contributed by atoms with E-state index in [1.165, 1.54) is 12.0 Å². The van der Waals surface area contributed by atoms with Gasteiger partial charge in [0, 0.05) is 18.3 Å². The van der Waals surface area contributed by atoms with Crippen LogP contribution in [-0.4, -0.2) is 48.9 Å². The number of fused-ring (bicyclic) bond motifs is 5. The van der Waals surface area contributed by atoms with Crippen molar-refractivity contribution in [2.75, 3.05) is 25.6 Å². The van der Waals surface area contributed by atoms with E-state index in [2.05, 4.69) is 5.32 Å². The predicted molar refractivity (Wildman–Crippen MR) is 102 cm³/mol. The van der Waals surface area contributed by atoms with Gasteiger partial charge in [-0.1, -0.05) is 6.07 Å². The molecule has 4 atom stereocenters. The number of nitrogens with zero attached hydrogens (tertiary/aromatic N) is 1. The first-order chi connectivity index (χ1) is 14.0. The lowest BCUT2D eigenvalue weighted by atomic mass is 9.81. The number of carbonyl (C=O) groups excluding carboxylic acids is 4. The standard InChI is InChI=1S/C21H24N2O6/c1-28-15-4-2-3-14(10-15)22-16(24)11-29-17(25)7-8-23-20(26)18-12-5-6-13(9-12)19(18)21(23)27/h2-4,10,12-13,18-19H,5-9,11H2,1H3,(H,22,24)/t12-,13+,18-,19+. The molecule has 1 N–H and O–H groups in total. The fourth-order valence-corrected chi connectivity index (χ4v) is 5.01.